The van der Waals surface area contributed by atoms with Gasteiger partial charge in [-0.05, 0) is 32.8 Å². The van der Waals surface area contributed by atoms with Crippen molar-refractivity contribution in [2.45, 2.75) is 32.7 Å². The third kappa shape index (κ3) is 3.19. The van der Waals surface area contributed by atoms with Crippen LogP contribution >= 0.6 is 0 Å². The van der Waals surface area contributed by atoms with E-state index in [0.717, 1.165) is 24.1 Å². The Labute approximate surface area is 150 Å². The molecule has 0 unspecified atom stereocenters. The lowest BCUT2D eigenvalue weighted by molar-refractivity contribution is -0.384. The third-order valence-corrected chi connectivity index (χ3v) is 4.57. The van der Waals surface area contributed by atoms with Crippen LogP contribution in [0, 0.1) is 24.0 Å². The Morgan fingerprint density at radius 3 is 2.85 bits per heavy atom. The fourth-order valence-corrected chi connectivity index (χ4v) is 3.36. The molecule has 1 fully saturated rings. The van der Waals surface area contributed by atoms with Crippen LogP contribution in [0.5, 0.6) is 5.75 Å². The molecule has 1 aliphatic rings. The number of anilines is 1. The van der Waals surface area contributed by atoms with Crippen LogP contribution in [0.1, 0.15) is 35.9 Å². The van der Waals surface area contributed by atoms with Gasteiger partial charge in [0.1, 0.15) is 11.5 Å². The molecule has 9 nitrogen and oxygen atoms in total. The number of nitrogens with zero attached hydrogens (tertiary/aromatic N) is 3. The van der Waals surface area contributed by atoms with E-state index in [9.17, 15) is 14.9 Å². The van der Waals surface area contributed by atoms with Crippen molar-refractivity contribution in [2.24, 2.45) is 0 Å². The van der Waals surface area contributed by atoms with Crippen molar-refractivity contribution in [1.29, 1.82) is 0 Å². The van der Waals surface area contributed by atoms with Gasteiger partial charge >= 0.3 is 6.03 Å². The standard InChI is InChI=1S/C17H20N4O5/c1-10-16(11(2)26-19-10)14-5-4-8-20(14)17(22)18-13-7-6-12(21(23)24)9-15(13)25-3/h6-7,9,14H,4-5,8H2,1-3H3,(H,18,22)/t14-/m0/s1. The number of non-ortho nitro benzene ring substituents is 1. The SMILES string of the molecule is COc1cc([N+](=O)[O-])ccc1NC(=O)N1CCC[C@H]1c1c(C)noc1C. The number of likely N-dealkylation sites (tertiary alicyclic amines) is 1. The molecule has 1 aromatic carbocycles. The van der Waals surface area contributed by atoms with Crippen LogP contribution in [0.25, 0.3) is 0 Å². The molecule has 0 spiro atoms. The molecule has 3 rings (SSSR count). The molecule has 2 aromatic rings. The summed E-state index contributed by atoms with van der Waals surface area (Å²) in [5.41, 5.74) is 2.00. The van der Waals surface area contributed by atoms with Crippen LogP contribution in [-0.2, 0) is 0 Å². The lowest BCUT2D eigenvalue weighted by Crippen LogP contribution is -2.34. The Kier molecular flexibility index (Phi) is 4.79. The third-order valence-electron chi connectivity index (χ3n) is 4.57. The minimum atomic E-state index is -0.512. The summed E-state index contributed by atoms with van der Waals surface area (Å²) < 4.78 is 10.4. The van der Waals surface area contributed by atoms with E-state index in [-0.39, 0.29) is 23.5 Å². The molecule has 0 aliphatic carbocycles. The topological polar surface area (TPSA) is 111 Å². The molecule has 1 atom stereocenters. The summed E-state index contributed by atoms with van der Waals surface area (Å²) in [6.45, 7) is 4.30. The van der Waals surface area contributed by atoms with Gasteiger partial charge in [0, 0.05) is 18.2 Å². The number of hydrogen-bond acceptors (Lipinski definition) is 6. The van der Waals surface area contributed by atoms with Gasteiger partial charge in [0.05, 0.1) is 35.5 Å². The van der Waals surface area contributed by atoms with E-state index < -0.39 is 4.92 Å². The van der Waals surface area contributed by atoms with Crippen molar-refractivity contribution in [3.8, 4) is 5.75 Å². The second kappa shape index (κ2) is 7.03. The first-order chi connectivity index (χ1) is 12.4. The van der Waals surface area contributed by atoms with Crippen molar-refractivity contribution in [1.82, 2.24) is 10.1 Å². The lowest BCUT2D eigenvalue weighted by Gasteiger charge is -2.25. The smallest absolute Gasteiger partial charge is 0.322 e. The predicted molar refractivity (Wildman–Crippen MR) is 93.3 cm³/mol. The molecular weight excluding hydrogens is 340 g/mol. The Bertz CT molecular complexity index is 828. The molecule has 1 aliphatic heterocycles. The first-order valence-corrected chi connectivity index (χ1v) is 8.25. The summed E-state index contributed by atoms with van der Waals surface area (Å²) in [6.07, 6.45) is 1.70. The molecule has 2 amide bonds. The zero-order valence-electron chi connectivity index (χ0n) is 14.8. The van der Waals surface area contributed by atoms with Crippen molar-refractivity contribution < 1.29 is 19.0 Å². The quantitative estimate of drug-likeness (QED) is 0.659. The molecule has 1 aromatic heterocycles. The fraction of sp³-hybridized carbons (Fsp3) is 0.412. The lowest BCUT2D eigenvalue weighted by atomic mass is 10.0. The van der Waals surface area contributed by atoms with E-state index in [1.54, 1.807) is 4.90 Å². The fourth-order valence-electron chi connectivity index (χ4n) is 3.36. The molecule has 0 saturated carbocycles. The Morgan fingerprint density at radius 1 is 1.46 bits per heavy atom. The number of aryl methyl sites for hydroxylation is 2. The predicted octanol–water partition coefficient (Wildman–Crippen LogP) is 3.58. The van der Waals surface area contributed by atoms with E-state index in [1.165, 1.54) is 25.3 Å². The van der Waals surface area contributed by atoms with Crippen molar-refractivity contribution in [2.75, 3.05) is 19.0 Å². The highest BCUT2D eigenvalue weighted by molar-refractivity contribution is 5.91. The first-order valence-electron chi connectivity index (χ1n) is 8.25. The zero-order valence-corrected chi connectivity index (χ0v) is 14.8. The number of ether oxygens (including phenoxy) is 1. The summed E-state index contributed by atoms with van der Waals surface area (Å²) in [6, 6.07) is 3.68. The summed E-state index contributed by atoms with van der Waals surface area (Å²) >= 11 is 0. The van der Waals surface area contributed by atoms with E-state index in [4.69, 9.17) is 9.26 Å². The molecule has 9 heteroatoms. The van der Waals surface area contributed by atoms with Crippen LogP contribution in [0.4, 0.5) is 16.2 Å². The van der Waals surface area contributed by atoms with Crippen LogP contribution in [0.2, 0.25) is 0 Å². The van der Waals surface area contributed by atoms with E-state index in [0.29, 0.717) is 18.0 Å². The molecular formula is C17H20N4O5. The Balaban J connectivity index is 1.82. The molecule has 1 N–H and O–H groups in total. The molecule has 0 radical (unpaired) electrons. The summed E-state index contributed by atoms with van der Waals surface area (Å²) in [7, 11) is 1.40. The van der Waals surface area contributed by atoms with E-state index >= 15 is 0 Å². The van der Waals surface area contributed by atoms with Crippen LogP contribution in [-0.4, -0.2) is 34.7 Å². The van der Waals surface area contributed by atoms with Gasteiger partial charge in [-0.3, -0.25) is 10.1 Å². The van der Waals surface area contributed by atoms with Gasteiger partial charge in [-0.1, -0.05) is 5.16 Å². The average molecular weight is 360 g/mol. The number of aromatic nitrogens is 1. The second-order valence-electron chi connectivity index (χ2n) is 6.16. The highest BCUT2D eigenvalue weighted by Gasteiger charge is 2.34. The number of nitro benzene ring substituents is 1. The monoisotopic (exact) mass is 360 g/mol. The number of carbonyl (C=O) groups is 1. The van der Waals surface area contributed by atoms with Crippen LogP contribution in [0.3, 0.4) is 0 Å². The highest BCUT2D eigenvalue weighted by atomic mass is 16.6. The minimum absolute atomic E-state index is 0.102. The summed E-state index contributed by atoms with van der Waals surface area (Å²) in [5.74, 6) is 0.945. The molecule has 26 heavy (non-hydrogen) atoms. The van der Waals surface area contributed by atoms with Gasteiger partial charge in [-0.25, -0.2) is 4.79 Å². The van der Waals surface area contributed by atoms with E-state index in [2.05, 4.69) is 10.5 Å². The number of hydrogen-bond donors (Lipinski definition) is 1. The maximum absolute atomic E-state index is 12.8. The van der Waals surface area contributed by atoms with Crippen LogP contribution < -0.4 is 10.1 Å². The molecule has 2 heterocycles. The molecule has 138 valence electrons. The van der Waals surface area contributed by atoms with Gasteiger partial charge < -0.3 is 19.5 Å². The number of methoxy groups -OCH3 is 1. The summed E-state index contributed by atoms with van der Waals surface area (Å²) in [5, 5.41) is 17.7. The average Bonchev–Trinajstić information content (AvgIpc) is 3.21. The second-order valence-corrected chi connectivity index (χ2v) is 6.16. The largest absolute Gasteiger partial charge is 0.494 e. The van der Waals surface area contributed by atoms with E-state index in [1.807, 2.05) is 13.8 Å². The van der Waals surface area contributed by atoms with Gasteiger partial charge in [0.15, 0.2) is 0 Å². The van der Waals surface area contributed by atoms with Gasteiger partial charge in [-0.15, -0.1) is 0 Å². The number of urea groups is 1. The Hall–Kier alpha value is -3.10. The highest BCUT2D eigenvalue weighted by Crippen LogP contribution is 2.36. The normalized spacial score (nSPS) is 16.6. The zero-order chi connectivity index (χ0) is 18.8. The molecule has 1 saturated heterocycles. The number of carbonyl (C=O) groups excluding carboxylic acids is 1. The number of benzene rings is 1. The van der Waals surface area contributed by atoms with Gasteiger partial charge in [-0.2, -0.15) is 0 Å². The van der Waals surface area contributed by atoms with Crippen molar-refractivity contribution in [3.63, 3.8) is 0 Å². The maximum atomic E-state index is 12.8. The van der Waals surface area contributed by atoms with Gasteiger partial charge in [0.25, 0.3) is 5.69 Å². The number of nitrogens with one attached hydrogen (secondary N) is 1. The van der Waals surface area contributed by atoms with Crippen molar-refractivity contribution in [3.05, 3.63) is 45.3 Å². The van der Waals surface area contributed by atoms with Gasteiger partial charge in [0.2, 0.25) is 0 Å². The summed E-state index contributed by atoms with van der Waals surface area (Å²) in [4.78, 5) is 24.9. The van der Waals surface area contributed by atoms with Crippen LogP contribution in [0.15, 0.2) is 22.7 Å². The number of rotatable bonds is 4. The Morgan fingerprint density at radius 2 is 2.23 bits per heavy atom. The molecule has 0 bridgehead atoms. The number of amides is 2. The minimum Gasteiger partial charge on any atom is -0.494 e. The van der Waals surface area contributed by atoms with Crippen molar-refractivity contribution >= 4 is 17.4 Å². The number of nitro groups is 1. The first kappa shape index (κ1) is 17.7. The maximum Gasteiger partial charge on any atom is 0.322 e.